The molecule has 1 aromatic heterocycles. The first-order valence-corrected chi connectivity index (χ1v) is 13.5. The smallest absolute Gasteiger partial charge is 0.159 e. The molecule has 0 spiro atoms. The van der Waals surface area contributed by atoms with Crippen molar-refractivity contribution in [2.24, 2.45) is 5.92 Å². The molecule has 3 heteroatoms. The van der Waals surface area contributed by atoms with Crippen molar-refractivity contribution in [3.63, 3.8) is 0 Å². The monoisotopic (exact) mass is 490 g/mol. The van der Waals surface area contributed by atoms with Crippen LogP contribution in [0.25, 0.3) is 33.6 Å². The highest BCUT2D eigenvalue weighted by atomic mass is 19.1. The number of benzene rings is 3. The van der Waals surface area contributed by atoms with Gasteiger partial charge in [0.05, 0.1) is 0 Å². The molecule has 0 amide bonds. The summed E-state index contributed by atoms with van der Waals surface area (Å²) in [5, 5.41) is 0. The fraction of sp³-hybridized carbons (Fsp3) is 0.294. The van der Waals surface area contributed by atoms with E-state index in [-0.39, 0.29) is 5.82 Å². The van der Waals surface area contributed by atoms with E-state index in [1.165, 1.54) is 16.7 Å². The van der Waals surface area contributed by atoms with Crippen LogP contribution in [0.3, 0.4) is 0 Å². The van der Waals surface area contributed by atoms with Crippen LogP contribution in [0.2, 0.25) is 0 Å². The first-order chi connectivity index (χ1) is 18.0. The largest absolute Gasteiger partial charge is 0.236 e. The van der Waals surface area contributed by atoms with Crippen molar-refractivity contribution in [2.45, 2.75) is 58.8 Å². The normalized spacial score (nSPS) is 15.6. The van der Waals surface area contributed by atoms with Crippen molar-refractivity contribution < 1.29 is 4.39 Å². The number of rotatable bonds is 7. The molecule has 1 unspecified atom stereocenters. The van der Waals surface area contributed by atoms with Gasteiger partial charge in [0.2, 0.25) is 0 Å². The molecule has 1 aliphatic rings. The Balaban J connectivity index is 1.29. The van der Waals surface area contributed by atoms with Gasteiger partial charge in [0.15, 0.2) is 5.82 Å². The second kappa shape index (κ2) is 11.2. The quantitative estimate of drug-likeness (QED) is 0.241. The molecule has 0 fully saturated rings. The predicted octanol–water partition coefficient (Wildman–Crippen LogP) is 9.42. The van der Waals surface area contributed by atoms with E-state index in [1.54, 1.807) is 11.6 Å². The van der Waals surface area contributed by atoms with E-state index < -0.39 is 0 Å². The topological polar surface area (TPSA) is 25.8 Å². The molecule has 3 aromatic carbocycles. The molecule has 1 aliphatic carbocycles. The molecule has 0 saturated heterocycles. The van der Waals surface area contributed by atoms with E-state index in [0.29, 0.717) is 28.8 Å². The lowest BCUT2D eigenvalue weighted by atomic mass is 9.85. The SMILES string of the molecule is CCC1=CCC(c2cnc(-c3ccc(-c4ccc(-c5ccc(CC(C)C)cc5)cc4)c(F)c3)nc2)CC1. The molecule has 0 saturated carbocycles. The maximum Gasteiger partial charge on any atom is 0.159 e. The van der Waals surface area contributed by atoms with Crippen LogP contribution in [-0.4, -0.2) is 9.97 Å². The summed E-state index contributed by atoms with van der Waals surface area (Å²) in [5.41, 5.74) is 8.51. The maximum absolute atomic E-state index is 15.2. The highest BCUT2D eigenvalue weighted by Gasteiger charge is 2.17. The molecule has 0 bridgehead atoms. The second-order valence-corrected chi connectivity index (χ2v) is 10.6. The molecule has 0 N–H and O–H groups in total. The molecular formula is C34H35FN2. The Bertz CT molecular complexity index is 1370. The first-order valence-electron chi connectivity index (χ1n) is 13.5. The lowest BCUT2D eigenvalue weighted by molar-refractivity contribution is 0.586. The van der Waals surface area contributed by atoms with Crippen molar-refractivity contribution >= 4 is 0 Å². The van der Waals surface area contributed by atoms with Crippen LogP contribution < -0.4 is 0 Å². The molecule has 37 heavy (non-hydrogen) atoms. The standard InChI is InChI=1S/C34H35FN2/c1-4-24-5-9-28(10-6-24)31-21-36-34(37-22-31)30-17-18-32(33(35)20-30)29-15-13-27(14-16-29)26-11-7-25(8-12-26)19-23(2)3/h5,7-8,11-18,20-23,28H,4,6,9-10,19H2,1-3H3. The summed E-state index contributed by atoms with van der Waals surface area (Å²) < 4.78 is 15.2. The zero-order chi connectivity index (χ0) is 25.8. The second-order valence-electron chi connectivity index (χ2n) is 10.6. The molecular weight excluding hydrogens is 455 g/mol. The summed E-state index contributed by atoms with van der Waals surface area (Å²) in [6.07, 6.45) is 11.8. The third-order valence-corrected chi connectivity index (χ3v) is 7.46. The van der Waals surface area contributed by atoms with E-state index in [9.17, 15) is 0 Å². The highest BCUT2D eigenvalue weighted by Crippen LogP contribution is 2.33. The van der Waals surface area contributed by atoms with Crippen LogP contribution in [0.15, 0.2) is 90.8 Å². The Morgan fingerprint density at radius 2 is 1.46 bits per heavy atom. The molecule has 2 nitrogen and oxygen atoms in total. The molecule has 1 heterocycles. The Labute approximate surface area is 220 Å². The Kier molecular flexibility index (Phi) is 7.60. The number of aromatic nitrogens is 2. The van der Waals surface area contributed by atoms with Crippen LogP contribution in [0.5, 0.6) is 0 Å². The van der Waals surface area contributed by atoms with Crippen molar-refractivity contribution in [1.29, 1.82) is 0 Å². The van der Waals surface area contributed by atoms with Gasteiger partial charge in [-0.05, 0) is 77.8 Å². The first kappa shape index (κ1) is 25.1. The zero-order valence-corrected chi connectivity index (χ0v) is 22.0. The summed E-state index contributed by atoms with van der Waals surface area (Å²) in [7, 11) is 0. The van der Waals surface area contributed by atoms with Gasteiger partial charge >= 0.3 is 0 Å². The average molecular weight is 491 g/mol. The van der Waals surface area contributed by atoms with Gasteiger partial charge in [0.1, 0.15) is 5.82 Å². The Morgan fingerprint density at radius 3 is 2.03 bits per heavy atom. The summed E-state index contributed by atoms with van der Waals surface area (Å²) in [6, 6.07) is 22.1. The lowest BCUT2D eigenvalue weighted by Crippen LogP contribution is -2.05. The number of halogens is 1. The molecule has 0 radical (unpaired) electrons. The van der Waals surface area contributed by atoms with Crippen LogP contribution in [0, 0.1) is 11.7 Å². The van der Waals surface area contributed by atoms with Crippen molar-refractivity contribution in [3.8, 4) is 33.6 Å². The van der Waals surface area contributed by atoms with Gasteiger partial charge in [0.25, 0.3) is 0 Å². The van der Waals surface area contributed by atoms with E-state index in [0.717, 1.165) is 43.2 Å². The van der Waals surface area contributed by atoms with Crippen molar-refractivity contribution in [3.05, 3.63) is 108 Å². The number of hydrogen-bond donors (Lipinski definition) is 0. The minimum atomic E-state index is -0.263. The number of nitrogens with zero attached hydrogens (tertiary/aromatic N) is 2. The molecule has 4 aromatic rings. The minimum absolute atomic E-state index is 0.263. The minimum Gasteiger partial charge on any atom is -0.236 e. The fourth-order valence-corrected chi connectivity index (χ4v) is 5.25. The van der Waals surface area contributed by atoms with Gasteiger partial charge in [0, 0.05) is 23.5 Å². The van der Waals surface area contributed by atoms with Crippen LogP contribution in [0.4, 0.5) is 4.39 Å². The molecule has 188 valence electrons. The Hall–Kier alpha value is -3.59. The number of allylic oxidation sites excluding steroid dienone is 2. The zero-order valence-electron chi connectivity index (χ0n) is 22.0. The predicted molar refractivity (Wildman–Crippen MR) is 152 cm³/mol. The summed E-state index contributed by atoms with van der Waals surface area (Å²) in [5.74, 6) is 1.42. The van der Waals surface area contributed by atoms with Gasteiger partial charge < -0.3 is 0 Å². The average Bonchev–Trinajstić information content (AvgIpc) is 2.93. The third kappa shape index (κ3) is 5.88. The summed E-state index contributed by atoms with van der Waals surface area (Å²) in [6.45, 7) is 6.69. The van der Waals surface area contributed by atoms with Gasteiger partial charge in [-0.1, -0.05) is 93.1 Å². The van der Waals surface area contributed by atoms with E-state index in [2.05, 4.69) is 73.2 Å². The maximum atomic E-state index is 15.2. The van der Waals surface area contributed by atoms with Crippen molar-refractivity contribution in [1.82, 2.24) is 9.97 Å². The molecule has 1 atom stereocenters. The Morgan fingerprint density at radius 1 is 0.838 bits per heavy atom. The van der Waals surface area contributed by atoms with Crippen LogP contribution in [-0.2, 0) is 6.42 Å². The van der Waals surface area contributed by atoms with E-state index in [1.807, 2.05) is 36.7 Å². The lowest BCUT2D eigenvalue weighted by Gasteiger charge is -2.21. The molecule has 0 aliphatic heterocycles. The summed E-state index contributed by atoms with van der Waals surface area (Å²) >= 11 is 0. The van der Waals surface area contributed by atoms with Crippen molar-refractivity contribution in [2.75, 3.05) is 0 Å². The number of hydrogen-bond acceptors (Lipinski definition) is 2. The fourth-order valence-electron chi connectivity index (χ4n) is 5.25. The summed E-state index contributed by atoms with van der Waals surface area (Å²) in [4.78, 5) is 9.15. The van der Waals surface area contributed by atoms with E-state index in [4.69, 9.17) is 0 Å². The third-order valence-electron chi connectivity index (χ3n) is 7.46. The van der Waals surface area contributed by atoms with E-state index >= 15 is 4.39 Å². The molecule has 5 rings (SSSR count). The highest BCUT2D eigenvalue weighted by molar-refractivity contribution is 5.72. The van der Waals surface area contributed by atoms with Gasteiger partial charge in [-0.15, -0.1) is 0 Å². The van der Waals surface area contributed by atoms with Crippen LogP contribution in [0.1, 0.15) is 63.5 Å². The van der Waals surface area contributed by atoms with Crippen LogP contribution >= 0.6 is 0 Å². The van der Waals surface area contributed by atoms with Gasteiger partial charge in [-0.3, -0.25) is 0 Å². The van der Waals surface area contributed by atoms with Gasteiger partial charge in [-0.2, -0.15) is 0 Å². The van der Waals surface area contributed by atoms with Gasteiger partial charge in [-0.25, -0.2) is 14.4 Å².